The third-order valence-corrected chi connectivity index (χ3v) is 26.7. The maximum absolute atomic E-state index is 5.83. The maximum atomic E-state index is 5.83. The molecule has 242 valence electrons. The van der Waals surface area contributed by atoms with E-state index in [9.17, 15) is 0 Å². The van der Waals surface area contributed by atoms with Crippen LogP contribution in [0.15, 0.2) is 88.2 Å². The van der Waals surface area contributed by atoms with Gasteiger partial charge in [0.15, 0.2) is 0 Å². The molecule has 0 atom stereocenters. The fourth-order valence-corrected chi connectivity index (χ4v) is 26.0. The van der Waals surface area contributed by atoms with Crippen molar-refractivity contribution in [1.29, 1.82) is 0 Å². The van der Waals surface area contributed by atoms with E-state index in [-0.39, 0.29) is 35.6 Å². The standard InChI is InChI=1S/C21H25.2C8H9.C5H5.CH2.2ClH.Zr/c1-20(2,3)16-7-9-18-14(12-16)11-15-13-17(21(4,5)6)8-10-19(15)18;2*1-7-4-3-5-8(2)6-7;1-2-4-5-3-1;;;;/h7-10,12H,11H2,1-6H3;2*4-6H,1-2H3;1-3H,4H2;1H2;2*1H;. The number of fused-ring (bicyclic) bond motifs is 3. The van der Waals surface area contributed by atoms with E-state index in [0.717, 1.165) is 12.8 Å². The van der Waals surface area contributed by atoms with E-state index in [0.29, 0.717) is 0 Å². The second-order valence-corrected chi connectivity index (χ2v) is 28.9. The van der Waals surface area contributed by atoms with Crippen LogP contribution in [0.3, 0.4) is 0 Å². The molecule has 0 nitrogen and oxygen atoms in total. The van der Waals surface area contributed by atoms with E-state index in [1.807, 2.05) is 0 Å². The summed E-state index contributed by atoms with van der Waals surface area (Å²) in [7, 11) is 0. The van der Waals surface area contributed by atoms with Crippen molar-refractivity contribution in [2.45, 2.75) is 92.9 Å². The second kappa shape index (κ2) is 12.3. The van der Waals surface area contributed by atoms with Gasteiger partial charge in [0.2, 0.25) is 0 Å². The van der Waals surface area contributed by atoms with Gasteiger partial charge in [-0.15, -0.1) is 24.8 Å². The van der Waals surface area contributed by atoms with Crippen molar-refractivity contribution in [2.75, 3.05) is 0 Å². The quantitative estimate of drug-likeness (QED) is 0.173. The van der Waals surface area contributed by atoms with Crippen molar-refractivity contribution in [1.82, 2.24) is 0 Å². The zero-order chi connectivity index (χ0) is 31.8. The molecule has 0 saturated carbocycles. The molecular weight excluding hydrogens is 679 g/mol. The zero-order valence-corrected chi connectivity index (χ0v) is 33.6. The number of allylic oxidation sites excluding steroid dienone is 4. The Balaban J connectivity index is 0.00000240. The molecule has 6 rings (SSSR count). The molecule has 0 unspecified atom stereocenters. The van der Waals surface area contributed by atoms with Crippen molar-refractivity contribution >= 4 is 38.8 Å². The average molecular weight is 731 g/mol. The number of hydrogen-bond acceptors (Lipinski definition) is 0. The molecule has 0 bridgehead atoms. The monoisotopic (exact) mass is 728 g/mol. The third-order valence-electron chi connectivity index (χ3n) is 10.5. The predicted molar refractivity (Wildman–Crippen MR) is 206 cm³/mol. The Hall–Kier alpha value is -2.31. The molecule has 0 saturated heterocycles. The fraction of sp³-hybridized carbons (Fsp3) is 0.326. The topological polar surface area (TPSA) is 0 Å². The number of halogens is 2. The first-order valence-electron chi connectivity index (χ1n) is 16.4. The third kappa shape index (κ3) is 5.63. The minimum atomic E-state index is -4.90. The van der Waals surface area contributed by atoms with Crippen LogP contribution in [0.4, 0.5) is 0 Å². The van der Waals surface area contributed by atoms with Gasteiger partial charge in [0.25, 0.3) is 0 Å². The van der Waals surface area contributed by atoms with Gasteiger partial charge in [-0.25, -0.2) is 0 Å². The van der Waals surface area contributed by atoms with Gasteiger partial charge in [0.1, 0.15) is 0 Å². The van der Waals surface area contributed by atoms with Gasteiger partial charge in [-0.1, -0.05) is 0 Å². The average Bonchev–Trinajstić information content (AvgIpc) is 3.59. The summed E-state index contributed by atoms with van der Waals surface area (Å²) in [4.78, 5) is 0. The predicted octanol–water partition coefficient (Wildman–Crippen LogP) is 10.2. The molecule has 0 N–H and O–H groups in total. The summed E-state index contributed by atoms with van der Waals surface area (Å²) in [5.41, 5.74) is 14.0. The van der Waals surface area contributed by atoms with E-state index < -0.39 is 18.3 Å². The SMILES string of the molecule is Cl.Cl.[CH2]=[Zr]([C]1=CC=CC1)([c]1cc(C)cc(C)c1)([c]1cc(C)cc(C)c1)[c]1c(C(C)(C)C)ccc2c1Cc1cc(C(C)(C)C)ccc1-2. The van der Waals surface area contributed by atoms with E-state index in [1.54, 1.807) is 6.55 Å². The first-order chi connectivity index (χ1) is 20.5. The Labute approximate surface area is 291 Å². The van der Waals surface area contributed by atoms with Crippen LogP contribution in [-0.2, 0) is 35.5 Å². The fourth-order valence-electron chi connectivity index (χ4n) is 8.43. The van der Waals surface area contributed by atoms with Gasteiger partial charge in [-0.2, -0.15) is 0 Å². The van der Waals surface area contributed by atoms with Crippen LogP contribution in [-0.4, -0.2) is 4.21 Å². The molecule has 4 aromatic carbocycles. The molecule has 2 aliphatic rings. The summed E-state index contributed by atoms with van der Waals surface area (Å²) in [5.74, 6) is 0. The molecule has 3 heteroatoms. The van der Waals surface area contributed by atoms with Gasteiger partial charge < -0.3 is 0 Å². The van der Waals surface area contributed by atoms with Crippen molar-refractivity contribution in [3.05, 3.63) is 133 Å². The molecule has 2 aliphatic carbocycles. The summed E-state index contributed by atoms with van der Waals surface area (Å²) in [5, 5.41) is 0. The molecule has 0 spiro atoms. The normalized spacial score (nSPS) is 14.3. The Morgan fingerprint density at radius 2 is 1.15 bits per heavy atom. The number of benzene rings is 4. The zero-order valence-electron chi connectivity index (χ0n) is 29.5. The van der Waals surface area contributed by atoms with E-state index in [2.05, 4.69) is 154 Å². The van der Waals surface area contributed by atoms with Crippen LogP contribution in [0.25, 0.3) is 11.1 Å². The van der Waals surface area contributed by atoms with Crippen LogP contribution in [0.1, 0.15) is 92.5 Å². The first kappa shape index (κ1) is 36.5. The Morgan fingerprint density at radius 3 is 1.61 bits per heavy atom. The molecule has 0 radical (unpaired) electrons. The molecule has 4 aromatic rings. The van der Waals surface area contributed by atoms with Gasteiger partial charge in [-0.3, -0.25) is 0 Å². The molecular formula is C43H52Cl2Zr. The molecule has 0 aromatic heterocycles. The van der Waals surface area contributed by atoms with Gasteiger partial charge in [0.05, 0.1) is 0 Å². The Bertz CT molecular complexity index is 1880. The molecule has 0 amide bonds. The second-order valence-electron chi connectivity index (χ2n) is 16.1. The van der Waals surface area contributed by atoms with Crippen LogP contribution in [0, 0.1) is 27.7 Å². The Morgan fingerprint density at radius 1 is 0.630 bits per heavy atom. The van der Waals surface area contributed by atoms with Crippen molar-refractivity contribution in [3.8, 4) is 11.1 Å². The molecule has 0 fully saturated rings. The van der Waals surface area contributed by atoms with E-state index in [1.165, 1.54) is 62.2 Å². The Kier molecular flexibility index (Phi) is 9.76. The van der Waals surface area contributed by atoms with Crippen LogP contribution in [0.2, 0.25) is 0 Å². The van der Waals surface area contributed by atoms with Crippen molar-refractivity contribution < 1.29 is 18.3 Å². The number of rotatable bonds is 4. The summed E-state index contributed by atoms with van der Waals surface area (Å²) in [6.45, 7) is 23.3. The minimum absolute atomic E-state index is 0. The van der Waals surface area contributed by atoms with Crippen molar-refractivity contribution in [3.63, 3.8) is 0 Å². The van der Waals surface area contributed by atoms with Crippen LogP contribution >= 0.6 is 24.8 Å². The van der Waals surface area contributed by atoms with Gasteiger partial charge in [-0.05, 0) is 0 Å². The number of hydrogen-bond donors (Lipinski definition) is 0. The first-order valence-corrected chi connectivity index (χ1v) is 23.0. The van der Waals surface area contributed by atoms with Crippen molar-refractivity contribution in [2.24, 2.45) is 0 Å². The summed E-state index contributed by atoms with van der Waals surface area (Å²) in [6.07, 6.45) is 9.04. The summed E-state index contributed by atoms with van der Waals surface area (Å²) in [6, 6.07) is 26.9. The molecule has 0 heterocycles. The molecule has 46 heavy (non-hydrogen) atoms. The summed E-state index contributed by atoms with van der Waals surface area (Å²) >= 11 is -4.90. The van der Waals surface area contributed by atoms with E-state index in [4.69, 9.17) is 4.21 Å². The van der Waals surface area contributed by atoms with Gasteiger partial charge >= 0.3 is 269 Å². The van der Waals surface area contributed by atoms with Crippen LogP contribution < -0.4 is 9.81 Å². The van der Waals surface area contributed by atoms with E-state index >= 15 is 0 Å². The van der Waals surface area contributed by atoms with Gasteiger partial charge in [0, 0.05) is 0 Å². The number of aryl methyl sites for hydroxylation is 4. The van der Waals surface area contributed by atoms with Crippen LogP contribution in [0.5, 0.6) is 0 Å². The molecule has 0 aliphatic heterocycles. The summed E-state index contributed by atoms with van der Waals surface area (Å²) < 4.78 is 11.9.